The lowest BCUT2D eigenvalue weighted by Gasteiger charge is -2.20. The van der Waals surface area contributed by atoms with Gasteiger partial charge in [0.05, 0.1) is 6.61 Å². The number of ether oxygens (including phenoxy) is 1. The standard InChI is InChI=1S/C24H21N5O4/c1-24(13-30)11-16-8-18(17(10-20(16)33-24)14-2-5-26-6-3-14)28-22(31)19-12-32-23(29-19)15-4-7-27-21(25)9-15/h2-10,12,30H,11,13H2,1H3,(H2,25,27)(H,28,31). The predicted molar refractivity (Wildman–Crippen MR) is 122 cm³/mol. The van der Waals surface area contributed by atoms with Crippen LogP contribution in [0.3, 0.4) is 0 Å². The van der Waals surface area contributed by atoms with Crippen molar-refractivity contribution in [1.29, 1.82) is 0 Å². The summed E-state index contributed by atoms with van der Waals surface area (Å²) in [5, 5.41) is 12.7. The number of nitrogens with two attached hydrogens (primary N) is 1. The maximum atomic E-state index is 13.0. The molecule has 0 radical (unpaired) electrons. The lowest BCUT2D eigenvalue weighted by Crippen LogP contribution is -2.34. The summed E-state index contributed by atoms with van der Waals surface area (Å²) in [7, 11) is 0. The smallest absolute Gasteiger partial charge is 0.277 e. The zero-order chi connectivity index (χ0) is 23.0. The van der Waals surface area contributed by atoms with Crippen LogP contribution >= 0.6 is 0 Å². The second kappa shape index (κ2) is 8.03. The van der Waals surface area contributed by atoms with Gasteiger partial charge in [0, 0.05) is 47.4 Å². The van der Waals surface area contributed by atoms with Gasteiger partial charge in [-0.25, -0.2) is 9.97 Å². The number of pyridine rings is 2. The lowest BCUT2D eigenvalue weighted by atomic mass is 9.97. The van der Waals surface area contributed by atoms with Crippen molar-refractivity contribution in [3.63, 3.8) is 0 Å². The summed E-state index contributed by atoms with van der Waals surface area (Å²) in [6, 6.07) is 10.8. The Morgan fingerprint density at radius 2 is 1.97 bits per heavy atom. The van der Waals surface area contributed by atoms with Crippen molar-refractivity contribution in [3.05, 3.63) is 72.5 Å². The summed E-state index contributed by atoms with van der Waals surface area (Å²) in [6.45, 7) is 1.73. The second-order valence-corrected chi connectivity index (χ2v) is 8.09. The number of nitrogens with zero attached hydrogens (tertiary/aromatic N) is 3. The summed E-state index contributed by atoms with van der Waals surface area (Å²) < 4.78 is 11.5. The first-order valence-electron chi connectivity index (χ1n) is 10.3. The highest BCUT2D eigenvalue weighted by molar-refractivity contribution is 6.05. The molecule has 0 spiro atoms. The van der Waals surface area contributed by atoms with E-state index in [1.165, 1.54) is 6.26 Å². The maximum Gasteiger partial charge on any atom is 0.277 e. The minimum atomic E-state index is -0.701. The van der Waals surface area contributed by atoms with Gasteiger partial charge in [-0.1, -0.05) is 0 Å². The van der Waals surface area contributed by atoms with Crippen LogP contribution in [0, 0.1) is 0 Å². The molecule has 1 aromatic carbocycles. The third-order valence-corrected chi connectivity index (χ3v) is 5.46. The summed E-state index contributed by atoms with van der Waals surface area (Å²) in [4.78, 5) is 25.4. The number of aliphatic hydroxyl groups excluding tert-OH is 1. The van der Waals surface area contributed by atoms with Crippen LogP contribution in [0.4, 0.5) is 11.5 Å². The minimum absolute atomic E-state index is 0.116. The van der Waals surface area contributed by atoms with E-state index < -0.39 is 11.5 Å². The third-order valence-electron chi connectivity index (χ3n) is 5.46. The van der Waals surface area contributed by atoms with Crippen molar-refractivity contribution in [1.82, 2.24) is 15.0 Å². The van der Waals surface area contributed by atoms with E-state index >= 15 is 0 Å². The van der Waals surface area contributed by atoms with Gasteiger partial charge in [-0.05, 0) is 48.9 Å². The zero-order valence-electron chi connectivity index (χ0n) is 17.8. The Balaban J connectivity index is 1.48. The van der Waals surface area contributed by atoms with Crippen LogP contribution in [0.5, 0.6) is 5.75 Å². The number of hydrogen-bond donors (Lipinski definition) is 3. The number of oxazole rings is 1. The minimum Gasteiger partial charge on any atom is -0.485 e. The molecule has 9 heteroatoms. The molecule has 1 unspecified atom stereocenters. The summed E-state index contributed by atoms with van der Waals surface area (Å²) in [5.41, 5.74) is 8.87. The van der Waals surface area contributed by atoms with E-state index in [1.807, 2.05) is 31.2 Å². The molecule has 5 rings (SSSR count). The van der Waals surface area contributed by atoms with Crippen LogP contribution < -0.4 is 15.8 Å². The normalized spacial score (nSPS) is 16.8. The number of amides is 1. The van der Waals surface area contributed by atoms with E-state index in [-0.39, 0.29) is 18.2 Å². The van der Waals surface area contributed by atoms with Crippen molar-refractivity contribution >= 4 is 17.4 Å². The Bertz CT molecular complexity index is 1340. The molecule has 1 atom stereocenters. The predicted octanol–water partition coefficient (Wildman–Crippen LogP) is 3.32. The molecule has 9 nitrogen and oxygen atoms in total. The van der Waals surface area contributed by atoms with Gasteiger partial charge in [0.25, 0.3) is 5.91 Å². The maximum absolute atomic E-state index is 13.0. The molecule has 4 aromatic rings. The highest BCUT2D eigenvalue weighted by Crippen LogP contribution is 2.41. The van der Waals surface area contributed by atoms with E-state index in [0.29, 0.717) is 29.2 Å². The number of aliphatic hydroxyl groups is 1. The number of fused-ring (bicyclic) bond motifs is 1. The van der Waals surface area contributed by atoms with E-state index in [4.69, 9.17) is 14.9 Å². The monoisotopic (exact) mass is 443 g/mol. The Kier molecular flexibility index (Phi) is 5.02. The molecular formula is C24H21N5O4. The van der Waals surface area contributed by atoms with Crippen molar-refractivity contribution in [2.24, 2.45) is 0 Å². The molecule has 4 N–H and O–H groups in total. The molecule has 3 aromatic heterocycles. The lowest BCUT2D eigenvalue weighted by molar-refractivity contribution is 0.0447. The average molecular weight is 443 g/mol. The summed E-state index contributed by atoms with van der Waals surface area (Å²) in [6.07, 6.45) is 6.72. The van der Waals surface area contributed by atoms with Crippen LogP contribution in [0.25, 0.3) is 22.6 Å². The van der Waals surface area contributed by atoms with Crippen LogP contribution in [0.15, 0.2) is 65.7 Å². The highest BCUT2D eigenvalue weighted by Gasteiger charge is 2.35. The molecule has 0 bridgehead atoms. The fourth-order valence-corrected chi connectivity index (χ4v) is 3.80. The van der Waals surface area contributed by atoms with Crippen LogP contribution in [-0.4, -0.2) is 38.2 Å². The molecule has 33 heavy (non-hydrogen) atoms. The van der Waals surface area contributed by atoms with Gasteiger partial charge < -0.3 is 25.3 Å². The van der Waals surface area contributed by atoms with Crippen LogP contribution in [0.1, 0.15) is 23.0 Å². The number of carbonyl (C=O) groups is 1. The van der Waals surface area contributed by atoms with Crippen molar-refractivity contribution in [3.8, 4) is 28.3 Å². The number of aromatic nitrogens is 3. The number of rotatable bonds is 5. The number of benzene rings is 1. The number of carbonyl (C=O) groups excluding carboxylic acids is 1. The topological polar surface area (TPSA) is 136 Å². The fourth-order valence-electron chi connectivity index (χ4n) is 3.80. The summed E-state index contributed by atoms with van der Waals surface area (Å²) in [5.74, 6) is 0.847. The van der Waals surface area contributed by atoms with Crippen LogP contribution in [0.2, 0.25) is 0 Å². The second-order valence-electron chi connectivity index (χ2n) is 8.09. The first-order chi connectivity index (χ1) is 15.9. The van der Waals surface area contributed by atoms with Crippen LogP contribution in [-0.2, 0) is 6.42 Å². The Hall–Kier alpha value is -4.24. The molecule has 1 aliphatic heterocycles. The number of hydrogen-bond acceptors (Lipinski definition) is 8. The first-order valence-corrected chi connectivity index (χ1v) is 10.3. The third kappa shape index (κ3) is 4.01. The van der Waals surface area contributed by atoms with E-state index in [1.54, 1.807) is 30.7 Å². The molecule has 1 amide bonds. The number of nitrogens with one attached hydrogen (secondary N) is 1. The van der Waals surface area contributed by atoms with E-state index in [2.05, 4.69) is 20.3 Å². The molecular weight excluding hydrogens is 422 g/mol. The fraction of sp³-hybridized carbons (Fsp3) is 0.167. The largest absolute Gasteiger partial charge is 0.485 e. The van der Waals surface area contributed by atoms with E-state index in [9.17, 15) is 9.90 Å². The quantitative estimate of drug-likeness (QED) is 0.427. The van der Waals surface area contributed by atoms with E-state index in [0.717, 1.165) is 16.7 Å². The van der Waals surface area contributed by atoms with Gasteiger partial charge in [-0.3, -0.25) is 9.78 Å². The Morgan fingerprint density at radius 3 is 2.73 bits per heavy atom. The highest BCUT2D eigenvalue weighted by atomic mass is 16.5. The molecule has 166 valence electrons. The van der Waals surface area contributed by atoms with Gasteiger partial charge in [-0.2, -0.15) is 0 Å². The zero-order valence-corrected chi connectivity index (χ0v) is 17.8. The van der Waals surface area contributed by atoms with Gasteiger partial charge in [0.1, 0.15) is 23.4 Å². The van der Waals surface area contributed by atoms with Gasteiger partial charge in [0.2, 0.25) is 5.89 Å². The van der Waals surface area contributed by atoms with Gasteiger partial charge in [0.15, 0.2) is 5.69 Å². The number of nitrogen functional groups attached to an aromatic ring is 1. The molecule has 4 heterocycles. The van der Waals surface area contributed by atoms with Gasteiger partial charge in [-0.15, -0.1) is 0 Å². The average Bonchev–Trinajstić information content (AvgIpc) is 3.44. The van der Waals surface area contributed by atoms with Crippen molar-refractivity contribution < 1.29 is 19.1 Å². The number of anilines is 2. The molecule has 1 aliphatic rings. The Morgan fingerprint density at radius 1 is 1.18 bits per heavy atom. The Labute approximate surface area is 189 Å². The molecule has 0 saturated heterocycles. The van der Waals surface area contributed by atoms with Crippen molar-refractivity contribution in [2.75, 3.05) is 17.7 Å². The molecule has 0 aliphatic carbocycles. The van der Waals surface area contributed by atoms with Gasteiger partial charge >= 0.3 is 0 Å². The first kappa shape index (κ1) is 20.7. The SMILES string of the molecule is CC1(CO)Cc2cc(NC(=O)c3coc(-c4ccnc(N)c4)n3)c(-c3ccncc3)cc2O1. The summed E-state index contributed by atoms with van der Waals surface area (Å²) >= 11 is 0. The van der Waals surface area contributed by atoms with Crippen molar-refractivity contribution in [2.45, 2.75) is 18.9 Å². The molecule has 0 saturated carbocycles. The molecule has 0 fully saturated rings.